The first-order chi connectivity index (χ1) is 10.8. The van der Waals surface area contributed by atoms with E-state index in [1.165, 1.54) is 12.8 Å². The summed E-state index contributed by atoms with van der Waals surface area (Å²) in [6.07, 6.45) is 25.6. The molecule has 0 heterocycles. The summed E-state index contributed by atoms with van der Waals surface area (Å²) >= 11 is -1.36. The second-order valence-corrected chi connectivity index (χ2v) is 26.5. The van der Waals surface area contributed by atoms with Crippen LogP contribution in [0.2, 0.25) is 20.3 Å². The van der Waals surface area contributed by atoms with Crippen molar-refractivity contribution in [2.75, 3.05) is 0 Å². The van der Waals surface area contributed by atoms with Gasteiger partial charge in [0, 0.05) is 0 Å². The molecule has 4 aliphatic carbocycles. The van der Waals surface area contributed by atoms with Crippen molar-refractivity contribution in [3.63, 3.8) is 0 Å². The Labute approximate surface area is 168 Å². The largest absolute Gasteiger partial charge is 1.00 e. The van der Waals surface area contributed by atoms with Gasteiger partial charge >= 0.3 is 144 Å². The zero-order valence-electron chi connectivity index (χ0n) is 14.7. The molecule has 4 rings (SSSR count). The number of hydrogen-bond acceptors (Lipinski definition) is 0. The summed E-state index contributed by atoms with van der Waals surface area (Å²) in [4.78, 5) is 0. The molecule has 0 bridgehead atoms. The van der Waals surface area contributed by atoms with E-state index >= 15 is 0 Å². The van der Waals surface area contributed by atoms with Crippen LogP contribution in [-0.4, -0.2) is 5.43 Å². The molecule has 4 aliphatic rings. The fourth-order valence-electron chi connectivity index (χ4n) is 5.65. The molecular weight excluding hydrogens is 430 g/mol. The van der Waals surface area contributed by atoms with Crippen molar-refractivity contribution in [1.29, 1.82) is 0 Å². The third kappa shape index (κ3) is 3.83. The van der Waals surface area contributed by atoms with Crippen molar-refractivity contribution >= 4 is 5.43 Å². The number of rotatable bonds is 2. The van der Waals surface area contributed by atoms with Crippen LogP contribution in [0.1, 0.15) is 25.7 Å². The summed E-state index contributed by atoms with van der Waals surface area (Å²) < 4.78 is 2.31. The Morgan fingerprint density at radius 3 is 1.50 bits per heavy atom. The van der Waals surface area contributed by atoms with Gasteiger partial charge in [-0.3, -0.25) is 0 Å². The number of allylic oxidation sites excluding steroid dienone is 8. The van der Waals surface area contributed by atoms with E-state index in [1.807, 2.05) is 0 Å². The molecule has 0 aliphatic heterocycles. The summed E-state index contributed by atoms with van der Waals surface area (Å²) in [5.74, 6) is 3.65. The number of hydrogen-bond donors (Lipinski definition) is 0. The van der Waals surface area contributed by atoms with Gasteiger partial charge in [0.2, 0.25) is 0 Å². The van der Waals surface area contributed by atoms with E-state index in [4.69, 9.17) is 0 Å². The smallest absolute Gasteiger partial charge is 1.00 e. The Morgan fingerprint density at radius 2 is 1.08 bits per heavy atom. The summed E-state index contributed by atoms with van der Waals surface area (Å²) in [7, 11) is 0. The predicted molar refractivity (Wildman–Crippen MR) is 94.0 cm³/mol. The van der Waals surface area contributed by atoms with E-state index in [9.17, 15) is 0 Å². The average Bonchev–Trinajstić information content (AvgIpc) is 3.13. The topological polar surface area (TPSA) is 0 Å². The molecule has 0 spiro atoms. The molecule has 2 saturated carbocycles. The summed E-state index contributed by atoms with van der Waals surface area (Å²) in [5.41, 5.74) is -0.0571. The predicted octanol–water partition coefficient (Wildman–Crippen LogP) is -0.255. The van der Waals surface area contributed by atoms with Crippen molar-refractivity contribution in [2.24, 2.45) is 23.7 Å². The fraction of sp³-hybridized carbons (Fsp3) is 0.600. The average molecular weight is 459 g/mol. The minimum atomic E-state index is -1.36. The maximum atomic E-state index is 2.67. The van der Waals surface area contributed by atoms with E-state index in [2.05, 4.69) is 61.7 Å². The second-order valence-electron chi connectivity index (χ2n) is 7.85. The molecule has 0 aromatic rings. The van der Waals surface area contributed by atoms with Crippen LogP contribution in [0.3, 0.4) is 0 Å². The van der Waals surface area contributed by atoms with Crippen LogP contribution in [-0.2, 0) is 20.4 Å². The standard InChI is InChI=1S/2C9H11.C2H6Si.2ClH.Zr/c2*1-2-5-9-7-3-6-8(9)4-1;1-3-2;;;/h2*1-2,4-6,8-9H,3,7H2;1-2H3;2*1H;/q;;;;;+2/p-2. The van der Waals surface area contributed by atoms with E-state index in [-0.39, 0.29) is 30.2 Å². The first-order valence-corrected chi connectivity index (χ1v) is 18.2. The molecular formula is C20H28Cl2SiZr. The maximum absolute atomic E-state index is 2.67. The quantitative estimate of drug-likeness (QED) is 0.501. The Bertz CT molecular complexity index is 555. The molecule has 0 N–H and O–H groups in total. The van der Waals surface area contributed by atoms with Gasteiger partial charge in [0.25, 0.3) is 0 Å². The molecule has 0 saturated heterocycles. The van der Waals surface area contributed by atoms with Crippen LogP contribution >= 0.6 is 0 Å². The molecule has 0 aromatic heterocycles. The van der Waals surface area contributed by atoms with Gasteiger partial charge < -0.3 is 24.8 Å². The normalized spacial score (nSPS) is 37.7. The van der Waals surface area contributed by atoms with Crippen LogP contribution < -0.4 is 24.8 Å². The molecule has 2 fully saturated rings. The molecule has 0 radical (unpaired) electrons. The van der Waals surface area contributed by atoms with Crippen molar-refractivity contribution in [2.45, 2.75) is 46.0 Å². The molecule has 0 aromatic carbocycles. The van der Waals surface area contributed by atoms with E-state index < -0.39 is 20.4 Å². The van der Waals surface area contributed by atoms with Crippen LogP contribution in [0.25, 0.3) is 0 Å². The zero-order chi connectivity index (χ0) is 15.1. The van der Waals surface area contributed by atoms with E-state index in [0.717, 1.165) is 30.9 Å². The molecule has 130 valence electrons. The Kier molecular flexibility index (Phi) is 7.88. The van der Waals surface area contributed by atoms with Crippen LogP contribution in [0.5, 0.6) is 0 Å². The van der Waals surface area contributed by atoms with Gasteiger partial charge in [-0.2, -0.15) is 0 Å². The molecule has 24 heavy (non-hydrogen) atoms. The Hall–Kier alpha value is 0.640. The van der Waals surface area contributed by atoms with Gasteiger partial charge in [-0.05, 0) is 0 Å². The first-order valence-electron chi connectivity index (χ1n) is 9.13. The number of halogens is 2. The van der Waals surface area contributed by atoms with Crippen molar-refractivity contribution in [3.05, 3.63) is 48.6 Å². The van der Waals surface area contributed by atoms with Crippen LogP contribution in [0.4, 0.5) is 0 Å². The summed E-state index contributed by atoms with van der Waals surface area (Å²) in [6.45, 7) is 5.34. The molecule has 0 amide bonds. The van der Waals surface area contributed by atoms with E-state index in [1.54, 1.807) is 12.8 Å². The van der Waals surface area contributed by atoms with Gasteiger partial charge in [-0.25, -0.2) is 0 Å². The van der Waals surface area contributed by atoms with Gasteiger partial charge in [0.1, 0.15) is 0 Å². The van der Waals surface area contributed by atoms with Crippen molar-refractivity contribution in [3.8, 4) is 0 Å². The fourth-order valence-corrected chi connectivity index (χ4v) is 29.6. The van der Waals surface area contributed by atoms with Gasteiger partial charge in [-0.15, -0.1) is 0 Å². The number of fused-ring (bicyclic) bond motifs is 2. The summed E-state index contributed by atoms with van der Waals surface area (Å²) in [6, 6.07) is 0. The van der Waals surface area contributed by atoms with E-state index in [0.29, 0.717) is 0 Å². The van der Waals surface area contributed by atoms with Gasteiger partial charge in [-0.1, -0.05) is 0 Å². The van der Waals surface area contributed by atoms with Crippen molar-refractivity contribution in [1.82, 2.24) is 0 Å². The van der Waals surface area contributed by atoms with Crippen LogP contribution in [0.15, 0.2) is 48.6 Å². The van der Waals surface area contributed by atoms with Crippen LogP contribution in [0, 0.1) is 23.7 Å². The van der Waals surface area contributed by atoms with Crippen molar-refractivity contribution < 1.29 is 45.2 Å². The zero-order valence-corrected chi connectivity index (χ0v) is 19.6. The minimum absolute atomic E-state index is 0. The maximum Gasteiger partial charge on any atom is -1.00 e. The molecule has 6 atom stereocenters. The Balaban J connectivity index is 0.00000104. The van der Waals surface area contributed by atoms with Gasteiger partial charge in [0.15, 0.2) is 0 Å². The first kappa shape index (κ1) is 20.9. The monoisotopic (exact) mass is 456 g/mol. The SMILES string of the molecule is C[Si](C)=[Zr+2]([CH]1CCC2C=CC=CC21)[CH]1CCC2C=CC=CC21.[Cl-].[Cl-]. The molecule has 6 unspecified atom stereocenters. The van der Waals surface area contributed by atoms with Gasteiger partial charge in [0.05, 0.1) is 0 Å². The molecule has 0 nitrogen and oxygen atoms in total. The minimum Gasteiger partial charge on any atom is -1.00 e. The third-order valence-corrected chi connectivity index (χ3v) is 27.8. The third-order valence-electron chi connectivity index (χ3n) is 6.52. The summed E-state index contributed by atoms with van der Waals surface area (Å²) in [5, 5.41) is 0. The Morgan fingerprint density at radius 1 is 0.667 bits per heavy atom. The second kappa shape index (κ2) is 9.03. The molecule has 4 heteroatoms.